The van der Waals surface area contributed by atoms with E-state index in [1.165, 1.54) is 109 Å². The van der Waals surface area contributed by atoms with Gasteiger partial charge in [0, 0.05) is 19.4 Å². The van der Waals surface area contributed by atoms with Crippen LogP contribution in [0.25, 0.3) is 0 Å². The molecule has 29 heavy (non-hydrogen) atoms. The largest absolute Gasteiger partial charge is 0.370 e. The van der Waals surface area contributed by atoms with Gasteiger partial charge in [0.1, 0.15) is 0 Å². The molecule has 0 unspecified atom stereocenters. The number of carbonyl (C=O) groups excluding carboxylic acids is 2. The van der Waals surface area contributed by atoms with Crippen molar-refractivity contribution >= 4 is 11.8 Å². The average Bonchev–Trinajstić information content (AvgIpc) is 2.69. The molecule has 3 N–H and O–H groups in total. The van der Waals surface area contributed by atoms with Crippen molar-refractivity contribution in [2.75, 3.05) is 6.54 Å². The van der Waals surface area contributed by atoms with Crippen molar-refractivity contribution in [1.82, 2.24) is 5.32 Å². The Kier molecular flexibility index (Phi) is 22.4. The highest BCUT2D eigenvalue weighted by atomic mass is 16.2. The van der Waals surface area contributed by atoms with Crippen LogP contribution in [-0.4, -0.2) is 18.4 Å². The van der Waals surface area contributed by atoms with Crippen molar-refractivity contribution in [3.63, 3.8) is 0 Å². The lowest BCUT2D eigenvalue weighted by Gasteiger charge is -2.05. The maximum Gasteiger partial charge on any atom is 0.220 e. The van der Waals surface area contributed by atoms with Crippen molar-refractivity contribution in [3.8, 4) is 0 Å². The zero-order chi connectivity index (χ0) is 21.4. The van der Waals surface area contributed by atoms with Crippen LogP contribution in [0.15, 0.2) is 0 Å². The first-order chi connectivity index (χ1) is 14.2. The Bertz CT molecular complexity index is 372. The fourth-order valence-electron chi connectivity index (χ4n) is 3.78. The molecule has 0 saturated heterocycles. The standard InChI is InChI=1S/C25H50N2O2/c1-2-3-4-5-6-7-8-9-10-11-12-13-14-15-16-17-18-19-20-21-25(29)27-23-22-24(26)28/h2-23H2,1H3,(H2,26,28)(H,27,29). The Morgan fingerprint density at radius 2 is 0.897 bits per heavy atom. The van der Waals surface area contributed by atoms with Crippen LogP contribution < -0.4 is 11.1 Å². The molecule has 0 aliphatic rings. The summed E-state index contributed by atoms with van der Waals surface area (Å²) in [5.74, 6) is -0.327. The number of unbranched alkanes of at least 4 members (excludes halogenated alkanes) is 18. The first-order valence-electron chi connectivity index (χ1n) is 12.7. The molecule has 0 saturated carbocycles. The second kappa shape index (κ2) is 23.2. The molecule has 4 nitrogen and oxygen atoms in total. The minimum atomic E-state index is -0.367. The summed E-state index contributed by atoms with van der Waals surface area (Å²) in [4.78, 5) is 22.1. The molecule has 0 spiro atoms. The molecule has 172 valence electrons. The summed E-state index contributed by atoms with van der Waals surface area (Å²) in [6, 6.07) is 0. The Morgan fingerprint density at radius 1 is 0.552 bits per heavy atom. The summed E-state index contributed by atoms with van der Waals surface area (Å²) < 4.78 is 0. The minimum absolute atomic E-state index is 0.0400. The predicted molar refractivity (Wildman–Crippen MR) is 125 cm³/mol. The summed E-state index contributed by atoms with van der Waals surface area (Å²) in [6.45, 7) is 2.65. The van der Waals surface area contributed by atoms with E-state index in [1.807, 2.05) is 0 Å². The van der Waals surface area contributed by atoms with Crippen molar-refractivity contribution < 1.29 is 9.59 Å². The molecule has 0 heterocycles. The van der Waals surface area contributed by atoms with Crippen LogP contribution in [0.4, 0.5) is 0 Å². The maximum absolute atomic E-state index is 11.5. The van der Waals surface area contributed by atoms with Crippen LogP contribution in [0, 0.1) is 0 Å². The minimum Gasteiger partial charge on any atom is -0.370 e. The van der Waals surface area contributed by atoms with E-state index >= 15 is 0 Å². The summed E-state index contributed by atoms with van der Waals surface area (Å²) in [6.07, 6.45) is 26.6. The second-order valence-electron chi connectivity index (χ2n) is 8.68. The average molecular weight is 411 g/mol. The van der Waals surface area contributed by atoms with Gasteiger partial charge >= 0.3 is 0 Å². The van der Waals surface area contributed by atoms with E-state index in [9.17, 15) is 9.59 Å². The molecule has 0 aliphatic heterocycles. The number of nitrogens with one attached hydrogen (secondary N) is 1. The molecule has 0 radical (unpaired) electrons. The molecule has 0 aromatic rings. The van der Waals surface area contributed by atoms with Crippen LogP contribution in [-0.2, 0) is 9.59 Å². The van der Waals surface area contributed by atoms with Gasteiger partial charge in [0.05, 0.1) is 0 Å². The SMILES string of the molecule is CCCCCCCCCCCCCCCCCCCCCC(=O)NCCC(N)=O. The van der Waals surface area contributed by atoms with Gasteiger partial charge in [-0.15, -0.1) is 0 Å². The van der Waals surface area contributed by atoms with Crippen molar-refractivity contribution in [2.45, 2.75) is 142 Å². The Labute approximate surface area is 181 Å². The predicted octanol–water partition coefficient (Wildman–Crippen LogP) is 6.80. The topological polar surface area (TPSA) is 72.2 Å². The van der Waals surface area contributed by atoms with Crippen LogP contribution in [0.2, 0.25) is 0 Å². The molecule has 0 aromatic carbocycles. The number of primary amides is 1. The third kappa shape index (κ3) is 24.9. The van der Waals surface area contributed by atoms with E-state index in [1.54, 1.807) is 0 Å². The highest BCUT2D eigenvalue weighted by Crippen LogP contribution is 2.14. The molecular weight excluding hydrogens is 360 g/mol. The van der Waals surface area contributed by atoms with Gasteiger partial charge in [-0.1, -0.05) is 122 Å². The normalized spacial score (nSPS) is 10.9. The van der Waals surface area contributed by atoms with E-state index in [-0.39, 0.29) is 18.2 Å². The smallest absolute Gasteiger partial charge is 0.220 e. The molecule has 0 aliphatic carbocycles. The van der Waals surface area contributed by atoms with E-state index in [2.05, 4.69) is 12.2 Å². The van der Waals surface area contributed by atoms with Crippen molar-refractivity contribution in [1.29, 1.82) is 0 Å². The Hall–Kier alpha value is -1.06. The van der Waals surface area contributed by atoms with Gasteiger partial charge in [-0.05, 0) is 6.42 Å². The number of hydrogen-bond acceptors (Lipinski definition) is 2. The highest BCUT2D eigenvalue weighted by molar-refractivity contribution is 5.77. The van der Waals surface area contributed by atoms with Crippen LogP contribution in [0.1, 0.15) is 142 Å². The molecule has 0 aromatic heterocycles. The number of amides is 2. The van der Waals surface area contributed by atoms with E-state index in [0.717, 1.165) is 12.8 Å². The van der Waals surface area contributed by atoms with Gasteiger partial charge in [-0.25, -0.2) is 0 Å². The zero-order valence-corrected chi connectivity index (χ0v) is 19.5. The van der Waals surface area contributed by atoms with Gasteiger partial charge in [-0.2, -0.15) is 0 Å². The third-order valence-electron chi connectivity index (χ3n) is 5.70. The molecule has 0 rings (SSSR count). The van der Waals surface area contributed by atoms with Gasteiger partial charge in [0.15, 0.2) is 0 Å². The zero-order valence-electron chi connectivity index (χ0n) is 19.5. The van der Waals surface area contributed by atoms with Crippen LogP contribution in [0.3, 0.4) is 0 Å². The lowest BCUT2D eigenvalue weighted by Crippen LogP contribution is -2.27. The van der Waals surface area contributed by atoms with Gasteiger partial charge in [0.2, 0.25) is 11.8 Å². The van der Waals surface area contributed by atoms with Crippen molar-refractivity contribution in [3.05, 3.63) is 0 Å². The Balaban J connectivity index is 3.10. The summed E-state index contributed by atoms with van der Waals surface area (Å²) >= 11 is 0. The molecule has 4 heteroatoms. The van der Waals surface area contributed by atoms with E-state index in [4.69, 9.17) is 5.73 Å². The van der Waals surface area contributed by atoms with Crippen LogP contribution >= 0.6 is 0 Å². The number of hydrogen-bond donors (Lipinski definition) is 2. The quantitative estimate of drug-likeness (QED) is 0.182. The van der Waals surface area contributed by atoms with Gasteiger partial charge in [-0.3, -0.25) is 9.59 Å². The second-order valence-corrected chi connectivity index (χ2v) is 8.68. The fourth-order valence-corrected chi connectivity index (χ4v) is 3.78. The van der Waals surface area contributed by atoms with E-state index < -0.39 is 0 Å². The number of rotatable bonds is 23. The molecule has 0 bridgehead atoms. The lowest BCUT2D eigenvalue weighted by molar-refractivity contribution is -0.121. The fraction of sp³-hybridized carbons (Fsp3) is 0.920. The van der Waals surface area contributed by atoms with Gasteiger partial charge < -0.3 is 11.1 Å². The van der Waals surface area contributed by atoms with Crippen LogP contribution in [0.5, 0.6) is 0 Å². The van der Waals surface area contributed by atoms with E-state index in [0.29, 0.717) is 13.0 Å². The summed E-state index contributed by atoms with van der Waals surface area (Å²) in [5, 5.41) is 2.73. The maximum atomic E-state index is 11.5. The Morgan fingerprint density at radius 3 is 1.24 bits per heavy atom. The lowest BCUT2D eigenvalue weighted by atomic mass is 10.0. The first kappa shape index (κ1) is 27.9. The third-order valence-corrected chi connectivity index (χ3v) is 5.70. The number of nitrogens with two attached hydrogens (primary N) is 1. The number of carbonyl (C=O) groups is 2. The molecule has 0 atom stereocenters. The highest BCUT2D eigenvalue weighted by Gasteiger charge is 2.01. The van der Waals surface area contributed by atoms with Crippen molar-refractivity contribution in [2.24, 2.45) is 5.73 Å². The first-order valence-corrected chi connectivity index (χ1v) is 12.7. The molecular formula is C25H50N2O2. The van der Waals surface area contributed by atoms with Gasteiger partial charge in [0.25, 0.3) is 0 Å². The monoisotopic (exact) mass is 410 g/mol. The molecule has 0 fully saturated rings. The summed E-state index contributed by atoms with van der Waals surface area (Å²) in [7, 11) is 0. The summed E-state index contributed by atoms with van der Waals surface area (Å²) in [5.41, 5.74) is 5.04. The molecule has 2 amide bonds.